The van der Waals surface area contributed by atoms with Gasteiger partial charge < -0.3 is 15.1 Å². The van der Waals surface area contributed by atoms with Crippen LogP contribution >= 0.6 is 0 Å². The van der Waals surface area contributed by atoms with Crippen LogP contribution in [0, 0.1) is 5.41 Å². The number of piperidine rings is 2. The molecule has 3 heterocycles. The quantitative estimate of drug-likeness (QED) is 0.893. The number of amides is 2. The van der Waals surface area contributed by atoms with Gasteiger partial charge in [-0.25, -0.2) is 4.79 Å². The Kier molecular flexibility index (Phi) is 5.13. The molecular formula is C18H31N5O. The molecule has 24 heavy (non-hydrogen) atoms. The van der Waals surface area contributed by atoms with Crippen molar-refractivity contribution in [1.29, 1.82) is 0 Å². The zero-order valence-corrected chi connectivity index (χ0v) is 15.2. The third-order valence-corrected chi connectivity index (χ3v) is 5.88. The summed E-state index contributed by atoms with van der Waals surface area (Å²) in [7, 11) is 2.17. The number of carbonyl (C=O) groups is 1. The van der Waals surface area contributed by atoms with Gasteiger partial charge in [0.05, 0.1) is 0 Å². The summed E-state index contributed by atoms with van der Waals surface area (Å²) in [5.41, 5.74) is 1.39. The maximum absolute atomic E-state index is 12.6. The topological polar surface area (TPSA) is 64.3 Å². The SMILES string of the molecule is CN1CCCC(C)(C)[C@@H]1CNC(=O)N1CCC[C@@H](c2ccn[nH]2)C1. The molecule has 0 bridgehead atoms. The third kappa shape index (κ3) is 3.74. The van der Waals surface area contributed by atoms with E-state index in [2.05, 4.69) is 41.3 Å². The van der Waals surface area contributed by atoms with Gasteiger partial charge in [0.2, 0.25) is 0 Å². The standard InChI is InChI=1S/C18H31N5O/c1-18(2)8-5-10-22(3)16(18)12-19-17(24)23-11-4-6-14(13-23)15-7-9-20-21-15/h7,9,14,16H,4-6,8,10-13H2,1-3H3,(H,19,24)(H,20,21)/t14-,16+/m1/s1. The molecule has 0 aromatic carbocycles. The first-order valence-electron chi connectivity index (χ1n) is 9.19. The van der Waals surface area contributed by atoms with Gasteiger partial charge in [-0.3, -0.25) is 5.10 Å². The molecule has 2 aliphatic heterocycles. The third-order valence-electron chi connectivity index (χ3n) is 5.88. The van der Waals surface area contributed by atoms with Crippen LogP contribution in [-0.4, -0.2) is 65.3 Å². The van der Waals surface area contributed by atoms with E-state index in [0.29, 0.717) is 12.0 Å². The molecule has 2 saturated heterocycles. The number of aromatic amines is 1. The first kappa shape index (κ1) is 17.3. The lowest BCUT2D eigenvalue weighted by Gasteiger charge is -2.45. The number of urea groups is 1. The lowest BCUT2D eigenvalue weighted by atomic mass is 9.76. The molecule has 3 rings (SSSR count). The second-order valence-electron chi connectivity index (χ2n) is 8.07. The van der Waals surface area contributed by atoms with Crippen molar-refractivity contribution >= 4 is 6.03 Å². The Labute approximate surface area is 145 Å². The maximum atomic E-state index is 12.6. The van der Waals surface area contributed by atoms with Gasteiger partial charge in [-0.1, -0.05) is 13.8 Å². The van der Waals surface area contributed by atoms with Gasteiger partial charge >= 0.3 is 6.03 Å². The molecule has 2 N–H and O–H groups in total. The summed E-state index contributed by atoms with van der Waals surface area (Å²) in [5.74, 6) is 0.376. The first-order valence-corrected chi connectivity index (χ1v) is 9.19. The highest BCUT2D eigenvalue weighted by Crippen LogP contribution is 2.34. The van der Waals surface area contributed by atoms with Crippen molar-refractivity contribution in [2.75, 3.05) is 33.2 Å². The van der Waals surface area contributed by atoms with Crippen LogP contribution in [0.5, 0.6) is 0 Å². The number of carbonyl (C=O) groups excluding carboxylic acids is 1. The Hall–Kier alpha value is -1.56. The van der Waals surface area contributed by atoms with Crippen molar-refractivity contribution in [3.8, 4) is 0 Å². The number of hydrogen-bond donors (Lipinski definition) is 2. The minimum Gasteiger partial charge on any atom is -0.336 e. The molecule has 6 nitrogen and oxygen atoms in total. The molecule has 2 atom stereocenters. The molecule has 6 heteroatoms. The van der Waals surface area contributed by atoms with Crippen LogP contribution in [-0.2, 0) is 0 Å². The normalized spacial score (nSPS) is 27.9. The molecule has 1 aromatic heterocycles. The summed E-state index contributed by atoms with van der Waals surface area (Å²) < 4.78 is 0. The van der Waals surface area contributed by atoms with Crippen LogP contribution in [0.4, 0.5) is 4.79 Å². The van der Waals surface area contributed by atoms with Gasteiger partial charge in [0.1, 0.15) is 0 Å². The fourth-order valence-corrected chi connectivity index (χ4v) is 4.34. The number of aromatic nitrogens is 2. The molecule has 134 valence electrons. The number of rotatable bonds is 3. The lowest BCUT2D eigenvalue weighted by Crippen LogP contribution is -2.55. The van der Waals surface area contributed by atoms with Crippen LogP contribution in [0.2, 0.25) is 0 Å². The molecule has 1 aromatic rings. The number of hydrogen-bond acceptors (Lipinski definition) is 3. The second kappa shape index (κ2) is 7.13. The number of nitrogens with zero attached hydrogens (tertiary/aromatic N) is 3. The van der Waals surface area contributed by atoms with E-state index < -0.39 is 0 Å². The maximum Gasteiger partial charge on any atom is 0.317 e. The largest absolute Gasteiger partial charge is 0.336 e. The Balaban J connectivity index is 1.54. The zero-order chi connectivity index (χ0) is 17.2. The Morgan fingerprint density at radius 2 is 2.25 bits per heavy atom. The van der Waals surface area contributed by atoms with E-state index in [0.717, 1.165) is 44.7 Å². The van der Waals surface area contributed by atoms with Crippen molar-refractivity contribution in [1.82, 2.24) is 25.3 Å². The number of nitrogens with one attached hydrogen (secondary N) is 2. The van der Waals surface area contributed by atoms with Crippen molar-refractivity contribution < 1.29 is 4.79 Å². The van der Waals surface area contributed by atoms with Gasteiger partial charge in [-0.05, 0) is 50.8 Å². The summed E-state index contributed by atoms with van der Waals surface area (Å²) in [6.45, 7) is 8.10. The smallest absolute Gasteiger partial charge is 0.317 e. The van der Waals surface area contributed by atoms with E-state index in [4.69, 9.17) is 0 Å². The van der Waals surface area contributed by atoms with E-state index in [1.54, 1.807) is 6.20 Å². The van der Waals surface area contributed by atoms with Crippen LogP contribution in [0.25, 0.3) is 0 Å². The van der Waals surface area contributed by atoms with E-state index in [9.17, 15) is 4.79 Å². The molecule has 0 aliphatic carbocycles. The van der Waals surface area contributed by atoms with Gasteiger partial charge in [0.25, 0.3) is 0 Å². The van der Waals surface area contributed by atoms with E-state index in [1.165, 1.54) is 12.8 Å². The molecular weight excluding hydrogens is 302 g/mol. The average Bonchev–Trinajstić information content (AvgIpc) is 3.08. The number of H-pyrrole nitrogens is 1. The number of likely N-dealkylation sites (tertiary alicyclic amines) is 2. The molecule has 0 saturated carbocycles. The highest BCUT2D eigenvalue weighted by atomic mass is 16.2. The monoisotopic (exact) mass is 333 g/mol. The molecule has 0 spiro atoms. The summed E-state index contributed by atoms with van der Waals surface area (Å²) in [6.07, 6.45) is 6.42. The Morgan fingerprint density at radius 1 is 1.42 bits per heavy atom. The van der Waals surface area contributed by atoms with Crippen molar-refractivity contribution in [3.05, 3.63) is 18.0 Å². The van der Waals surface area contributed by atoms with Gasteiger partial charge in [0.15, 0.2) is 0 Å². The van der Waals surface area contributed by atoms with Crippen LogP contribution < -0.4 is 5.32 Å². The van der Waals surface area contributed by atoms with E-state index in [-0.39, 0.29) is 11.4 Å². The van der Waals surface area contributed by atoms with Crippen LogP contribution in [0.3, 0.4) is 0 Å². The van der Waals surface area contributed by atoms with Crippen molar-refractivity contribution in [2.45, 2.75) is 51.5 Å². The summed E-state index contributed by atoms with van der Waals surface area (Å²) in [6, 6.07) is 2.50. The first-order chi connectivity index (χ1) is 11.5. The fraction of sp³-hybridized carbons (Fsp3) is 0.778. The second-order valence-corrected chi connectivity index (χ2v) is 8.07. The number of likely N-dealkylation sites (N-methyl/N-ethyl adjacent to an activating group) is 1. The average molecular weight is 333 g/mol. The minimum atomic E-state index is 0.0778. The molecule has 0 radical (unpaired) electrons. The van der Waals surface area contributed by atoms with E-state index in [1.807, 2.05) is 11.0 Å². The van der Waals surface area contributed by atoms with Crippen molar-refractivity contribution in [2.24, 2.45) is 5.41 Å². The predicted molar refractivity (Wildman–Crippen MR) is 95.0 cm³/mol. The van der Waals surface area contributed by atoms with Gasteiger partial charge in [0, 0.05) is 43.5 Å². The molecule has 2 aliphatic rings. The van der Waals surface area contributed by atoms with Gasteiger partial charge in [-0.2, -0.15) is 5.10 Å². The molecule has 0 unspecified atom stereocenters. The van der Waals surface area contributed by atoms with Crippen LogP contribution in [0.15, 0.2) is 12.3 Å². The Bertz CT molecular complexity index is 542. The summed E-state index contributed by atoms with van der Waals surface area (Å²) >= 11 is 0. The summed E-state index contributed by atoms with van der Waals surface area (Å²) in [4.78, 5) is 17.0. The lowest BCUT2D eigenvalue weighted by molar-refractivity contribution is 0.0584. The molecule has 2 fully saturated rings. The van der Waals surface area contributed by atoms with Gasteiger partial charge in [-0.15, -0.1) is 0 Å². The summed E-state index contributed by atoms with van der Waals surface area (Å²) in [5, 5.41) is 10.3. The zero-order valence-electron chi connectivity index (χ0n) is 15.2. The highest BCUT2D eigenvalue weighted by molar-refractivity contribution is 5.74. The predicted octanol–water partition coefficient (Wildman–Crippen LogP) is 2.42. The van der Waals surface area contributed by atoms with Crippen LogP contribution in [0.1, 0.15) is 51.1 Å². The molecule has 2 amide bonds. The van der Waals surface area contributed by atoms with Crippen molar-refractivity contribution in [3.63, 3.8) is 0 Å². The minimum absolute atomic E-state index is 0.0778. The highest BCUT2D eigenvalue weighted by Gasteiger charge is 2.36. The fourth-order valence-electron chi connectivity index (χ4n) is 4.34. The van der Waals surface area contributed by atoms with E-state index >= 15 is 0 Å². The Morgan fingerprint density at radius 3 is 2.96 bits per heavy atom.